The van der Waals surface area contributed by atoms with Crippen LogP contribution in [0, 0.1) is 17.7 Å². The smallest absolute Gasteiger partial charge is 0.461 e. The third-order valence-corrected chi connectivity index (χ3v) is 10.5. The van der Waals surface area contributed by atoms with Crippen LogP contribution in [0.2, 0.25) is 0 Å². The molecule has 1 aliphatic heterocycles. The highest BCUT2D eigenvalue weighted by atomic mass is 19.4. The topological polar surface area (TPSA) is 74.3 Å². The van der Waals surface area contributed by atoms with Gasteiger partial charge in [-0.1, -0.05) is 72.8 Å². The Kier molecular flexibility index (Phi) is 13.6. The van der Waals surface area contributed by atoms with Crippen LogP contribution in [-0.2, 0) is 49.3 Å². The van der Waals surface area contributed by atoms with E-state index in [-0.39, 0.29) is 37.1 Å². The van der Waals surface area contributed by atoms with E-state index >= 15 is 0 Å². The van der Waals surface area contributed by atoms with E-state index in [2.05, 4.69) is 4.90 Å². The Morgan fingerprint density at radius 3 is 1.81 bits per heavy atom. The molecule has 0 radical (unpaired) electrons. The van der Waals surface area contributed by atoms with Crippen LogP contribution in [0.4, 0.5) is 35.5 Å². The van der Waals surface area contributed by atoms with E-state index in [1.165, 1.54) is 12.1 Å². The minimum Gasteiger partial charge on any atom is -0.461 e. The zero-order valence-electron chi connectivity index (χ0n) is 30.8. The predicted octanol–water partition coefficient (Wildman–Crippen LogP) is 10.3. The van der Waals surface area contributed by atoms with E-state index in [1.807, 2.05) is 30.3 Å². The van der Waals surface area contributed by atoms with Gasteiger partial charge in [0.05, 0.1) is 23.1 Å². The standard InChI is InChI=1S/C43H42F7NO6/c44-36-14-11-30(12-15-36)39-32(24-51-19-17-31(18-20-51)40(52)54-25-28-7-3-1-4-8-28)13-16-37(39)57-38(27-56-41(53)55-26-29-9-5-2-6-10-29)33-21-34(42(45,46)47)23-35(22-33)43(48,49)50/h1-12,14-15,21-23,31-32,37-39H,13,16-20,24-27H2/t32-,37-,38+,39-/m0/s1. The predicted molar refractivity (Wildman–Crippen MR) is 194 cm³/mol. The lowest BCUT2D eigenvalue weighted by Gasteiger charge is -2.35. The highest BCUT2D eigenvalue weighted by Crippen LogP contribution is 2.45. The van der Waals surface area contributed by atoms with Gasteiger partial charge in [-0.25, -0.2) is 9.18 Å². The maximum atomic E-state index is 14.1. The summed E-state index contributed by atoms with van der Waals surface area (Å²) < 4.78 is 120. The minimum atomic E-state index is -5.13. The number of likely N-dealkylation sites (tertiary alicyclic amines) is 1. The Hall–Kier alpha value is -4.95. The Morgan fingerprint density at radius 1 is 0.684 bits per heavy atom. The molecule has 0 unspecified atom stereocenters. The molecule has 4 aromatic carbocycles. The lowest BCUT2D eigenvalue weighted by atomic mass is 9.86. The number of alkyl halides is 6. The van der Waals surface area contributed by atoms with Crippen molar-refractivity contribution >= 4 is 12.1 Å². The summed E-state index contributed by atoms with van der Waals surface area (Å²) >= 11 is 0. The molecule has 14 heteroatoms. The summed E-state index contributed by atoms with van der Waals surface area (Å²) in [5.41, 5.74) is -1.39. The van der Waals surface area contributed by atoms with Crippen molar-refractivity contribution < 1.29 is 59.3 Å². The van der Waals surface area contributed by atoms with E-state index in [9.17, 15) is 40.3 Å². The maximum absolute atomic E-state index is 14.1. The molecule has 2 fully saturated rings. The van der Waals surface area contributed by atoms with Crippen molar-refractivity contribution in [2.45, 2.75) is 69.4 Å². The average Bonchev–Trinajstić information content (AvgIpc) is 3.59. The van der Waals surface area contributed by atoms with Gasteiger partial charge in [0.2, 0.25) is 0 Å². The average molecular weight is 802 g/mol. The van der Waals surface area contributed by atoms with E-state index in [0.29, 0.717) is 68.6 Å². The number of carbonyl (C=O) groups excluding carboxylic acids is 2. The number of ether oxygens (including phenoxy) is 4. The van der Waals surface area contributed by atoms with Gasteiger partial charge >= 0.3 is 24.5 Å². The third-order valence-electron chi connectivity index (χ3n) is 10.5. The van der Waals surface area contributed by atoms with Gasteiger partial charge in [-0.05, 0) is 97.3 Å². The molecule has 0 aromatic heterocycles. The van der Waals surface area contributed by atoms with Crippen molar-refractivity contribution in [2.24, 2.45) is 11.8 Å². The first-order valence-electron chi connectivity index (χ1n) is 18.7. The second-order valence-corrected chi connectivity index (χ2v) is 14.4. The largest absolute Gasteiger partial charge is 0.508 e. The fourth-order valence-corrected chi connectivity index (χ4v) is 7.59. The molecule has 2 aliphatic rings. The normalized spacial score (nSPS) is 19.9. The Bertz CT molecular complexity index is 1880. The first-order chi connectivity index (χ1) is 27.2. The van der Waals surface area contributed by atoms with Gasteiger partial charge in [-0.15, -0.1) is 0 Å². The Balaban J connectivity index is 1.20. The van der Waals surface area contributed by atoms with Crippen LogP contribution in [0.1, 0.15) is 71.1 Å². The molecule has 57 heavy (non-hydrogen) atoms. The summed E-state index contributed by atoms with van der Waals surface area (Å²) in [4.78, 5) is 27.7. The van der Waals surface area contributed by atoms with E-state index in [4.69, 9.17) is 18.9 Å². The molecule has 0 spiro atoms. The van der Waals surface area contributed by atoms with Crippen molar-refractivity contribution in [3.05, 3.63) is 142 Å². The van der Waals surface area contributed by atoms with Gasteiger partial charge in [0.15, 0.2) is 0 Å². The zero-order chi connectivity index (χ0) is 40.6. The summed E-state index contributed by atoms with van der Waals surface area (Å²) in [6.45, 7) is 0.974. The van der Waals surface area contributed by atoms with Gasteiger partial charge in [0.1, 0.15) is 31.7 Å². The minimum absolute atomic E-state index is 0.0224. The SMILES string of the molecule is O=C(OCc1ccccc1)OC[C@@H](O[C@H]1CC[C@@H](CN2CCC(C(=O)OCc3ccccc3)CC2)[C@@H]1c1ccc(F)cc1)c1cc(C(F)(F)F)cc(C(F)(F)F)c1. The molecule has 1 aliphatic carbocycles. The Morgan fingerprint density at radius 2 is 1.25 bits per heavy atom. The molecule has 304 valence electrons. The highest BCUT2D eigenvalue weighted by molar-refractivity contribution is 5.72. The number of carbonyl (C=O) groups is 2. The molecule has 4 atom stereocenters. The maximum Gasteiger partial charge on any atom is 0.508 e. The number of nitrogens with zero attached hydrogens (tertiary/aromatic N) is 1. The molecule has 1 saturated heterocycles. The van der Waals surface area contributed by atoms with E-state index in [0.717, 1.165) is 5.56 Å². The second-order valence-electron chi connectivity index (χ2n) is 14.4. The van der Waals surface area contributed by atoms with E-state index in [1.54, 1.807) is 42.5 Å². The van der Waals surface area contributed by atoms with Crippen LogP contribution in [0.15, 0.2) is 103 Å². The van der Waals surface area contributed by atoms with Crippen molar-refractivity contribution in [3.63, 3.8) is 0 Å². The molecule has 1 saturated carbocycles. The van der Waals surface area contributed by atoms with Crippen molar-refractivity contribution in [1.82, 2.24) is 4.90 Å². The molecule has 6 rings (SSSR count). The number of rotatable bonds is 13. The molecule has 7 nitrogen and oxygen atoms in total. The summed E-state index contributed by atoms with van der Waals surface area (Å²) in [5, 5.41) is 0. The lowest BCUT2D eigenvalue weighted by Crippen LogP contribution is -2.40. The number of benzene rings is 4. The van der Waals surface area contributed by atoms with Crippen LogP contribution in [-0.4, -0.2) is 49.4 Å². The summed E-state index contributed by atoms with van der Waals surface area (Å²) in [7, 11) is 0. The van der Waals surface area contributed by atoms with Crippen molar-refractivity contribution in [1.29, 1.82) is 0 Å². The Labute approximate surface area is 325 Å². The van der Waals surface area contributed by atoms with Crippen molar-refractivity contribution in [3.8, 4) is 0 Å². The molecular weight excluding hydrogens is 759 g/mol. The monoisotopic (exact) mass is 801 g/mol. The fourth-order valence-electron chi connectivity index (χ4n) is 7.59. The van der Waals surface area contributed by atoms with Crippen LogP contribution < -0.4 is 0 Å². The second kappa shape index (κ2) is 18.5. The first-order valence-corrected chi connectivity index (χ1v) is 18.7. The zero-order valence-corrected chi connectivity index (χ0v) is 30.8. The van der Waals surface area contributed by atoms with Crippen molar-refractivity contribution in [2.75, 3.05) is 26.2 Å². The summed E-state index contributed by atoms with van der Waals surface area (Å²) in [6, 6.07) is 24.8. The van der Waals surface area contributed by atoms with Gasteiger partial charge in [0.25, 0.3) is 0 Å². The molecule has 0 N–H and O–H groups in total. The van der Waals surface area contributed by atoms with Gasteiger partial charge in [0, 0.05) is 12.5 Å². The number of piperidine rings is 1. The molecule has 0 amide bonds. The molecular formula is C43H42F7NO6. The fraction of sp³-hybridized carbons (Fsp3) is 0.395. The quantitative estimate of drug-likeness (QED) is 0.0985. The number of hydrogen-bond donors (Lipinski definition) is 0. The van der Waals surface area contributed by atoms with Crippen LogP contribution in [0.5, 0.6) is 0 Å². The summed E-state index contributed by atoms with van der Waals surface area (Å²) in [6.07, 6.45) is -11.7. The van der Waals surface area contributed by atoms with Crippen LogP contribution >= 0.6 is 0 Å². The van der Waals surface area contributed by atoms with Gasteiger partial charge in [-0.3, -0.25) is 4.79 Å². The number of hydrogen-bond acceptors (Lipinski definition) is 7. The lowest BCUT2D eigenvalue weighted by molar-refractivity contribution is -0.151. The number of esters is 1. The van der Waals surface area contributed by atoms with Crippen LogP contribution in [0.3, 0.4) is 0 Å². The highest BCUT2D eigenvalue weighted by Gasteiger charge is 2.42. The number of halogens is 7. The summed E-state index contributed by atoms with van der Waals surface area (Å²) in [5.74, 6) is -1.61. The van der Waals surface area contributed by atoms with Gasteiger partial charge in [-0.2, -0.15) is 26.3 Å². The molecule has 0 bridgehead atoms. The molecule has 1 heterocycles. The molecule has 4 aromatic rings. The van der Waals surface area contributed by atoms with E-state index < -0.39 is 65.7 Å². The van der Waals surface area contributed by atoms with Gasteiger partial charge < -0.3 is 23.8 Å². The van der Waals surface area contributed by atoms with Crippen LogP contribution in [0.25, 0.3) is 0 Å². The third kappa shape index (κ3) is 11.6. The first kappa shape index (κ1) is 41.7.